The van der Waals surface area contributed by atoms with Crippen molar-refractivity contribution >= 4 is 17.5 Å². The third-order valence-electron chi connectivity index (χ3n) is 2.98. The summed E-state index contributed by atoms with van der Waals surface area (Å²) < 4.78 is 1.53. The number of aryl methyl sites for hydroxylation is 1. The van der Waals surface area contributed by atoms with Crippen LogP contribution < -0.4 is 5.32 Å². The van der Waals surface area contributed by atoms with E-state index in [-0.39, 0.29) is 24.3 Å². The highest BCUT2D eigenvalue weighted by atomic mass is 35.5. The van der Waals surface area contributed by atoms with E-state index in [0.717, 1.165) is 0 Å². The summed E-state index contributed by atoms with van der Waals surface area (Å²) in [6.45, 7) is 3.97. The molecule has 1 amide bonds. The number of carbonyl (C=O) groups is 1. The van der Waals surface area contributed by atoms with Crippen molar-refractivity contribution in [2.24, 2.45) is 5.92 Å². The second kappa shape index (κ2) is 6.69. The van der Waals surface area contributed by atoms with Crippen molar-refractivity contribution in [3.05, 3.63) is 40.9 Å². The summed E-state index contributed by atoms with van der Waals surface area (Å²) in [6.07, 6.45) is 0. The normalized spacial score (nSPS) is 12.2. The molecule has 0 aliphatic heterocycles. The van der Waals surface area contributed by atoms with Crippen LogP contribution in [0.3, 0.4) is 0 Å². The Hall–Kier alpha value is -1.92. The van der Waals surface area contributed by atoms with Crippen molar-refractivity contribution < 1.29 is 9.90 Å². The molecular formula is C14H17ClN4O2. The summed E-state index contributed by atoms with van der Waals surface area (Å²) in [5.74, 6) is 0.269. The lowest BCUT2D eigenvalue weighted by Gasteiger charge is -2.07. The van der Waals surface area contributed by atoms with Crippen molar-refractivity contribution in [1.29, 1.82) is 0 Å². The van der Waals surface area contributed by atoms with Crippen LogP contribution in [0.4, 0.5) is 0 Å². The van der Waals surface area contributed by atoms with Crippen LogP contribution >= 0.6 is 11.6 Å². The number of para-hydroxylation sites is 1. The molecular weight excluding hydrogens is 292 g/mol. The number of hydrogen-bond acceptors (Lipinski definition) is 4. The monoisotopic (exact) mass is 308 g/mol. The van der Waals surface area contributed by atoms with E-state index in [1.54, 1.807) is 19.1 Å². The van der Waals surface area contributed by atoms with E-state index in [1.807, 2.05) is 19.1 Å². The fourth-order valence-corrected chi connectivity index (χ4v) is 1.96. The Balaban J connectivity index is 2.20. The molecule has 0 saturated carbocycles. The number of aliphatic hydroxyl groups is 1. The number of halogens is 1. The summed E-state index contributed by atoms with van der Waals surface area (Å²) in [5, 5.41) is 16.4. The topological polar surface area (TPSA) is 80.0 Å². The number of carbonyl (C=O) groups excluding carboxylic acids is 1. The van der Waals surface area contributed by atoms with Crippen molar-refractivity contribution in [1.82, 2.24) is 20.1 Å². The molecule has 2 N–H and O–H groups in total. The standard InChI is InChI=1S/C14H17ClN4O2/c1-9(8-20)7-16-14(21)13-17-10(2)19(18-13)12-6-4-3-5-11(12)15/h3-6,9,20H,7-8H2,1-2H3,(H,16,21)/t9-/m0/s1. The molecule has 0 aliphatic rings. The molecule has 0 bridgehead atoms. The molecule has 0 spiro atoms. The van der Waals surface area contributed by atoms with Crippen molar-refractivity contribution in [3.8, 4) is 5.69 Å². The van der Waals surface area contributed by atoms with Gasteiger partial charge in [-0.05, 0) is 25.0 Å². The number of benzene rings is 1. The van der Waals surface area contributed by atoms with Crippen LogP contribution in [0.2, 0.25) is 5.02 Å². The van der Waals surface area contributed by atoms with Gasteiger partial charge in [-0.15, -0.1) is 5.10 Å². The summed E-state index contributed by atoms with van der Waals surface area (Å²) in [6, 6.07) is 7.22. The zero-order valence-electron chi connectivity index (χ0n) is 11.9. The molecule has 112 valence electrons. The molecule has 0 fully saturated rings. The molecule has 0 unspecified atom stereocenters. The minimum absolute atomic E-state index is 0.0132. The molecule has 2 rings (SSSR count). The molecule has 1 aromatic heterocycles. The fourth-order valence-electron chi connectivity index (χ4n) is 1.75. The maximum Gasteiger partial charge on any atom is 0.290 e. The predicted molar refractivity (Wildman–Crippen MR) is 79.7 cm³/mol. The highest BCUT2D eigenvalue weighted by Gasteiger charge is 2.16. The summed E-state index contributed by atoms with van der Waals surface area (Å²) >= 11 is 6.12. The zero-order chi connectivity index (χ0) is 15.4. The van der Waals surface area contributed by atoms with Gasteiger partial charge in [0.05, 0.1) is 10.7 Å². The number of nitrogens with one attached hydrogen (secondary N) is 1. The second-order valence-electron chi connectivity index (χ2n) is 4.84. The van der Waals surface area contributed by atoms with E-state index >= 15 is 0 Å². The quantitative estimate of drug-likeness (QED) is 0.879. The van der Waals surface area contributed by atoms with Gasteiger partial charge >= 0.3 is 0 Å². The Bertz CT molecular complexity index is 642. The average Bonchev–Trinajstić information content (AvgIpc) is 2.86. The molecule has 0 aliphatic carbocycles. The van der Waals surface area contributed by atoms with E-state index in [1.165, 1.54) is 4.68 Å². The van der Waals surface area contributed by atoms with E-state index in [0.29, 0.717) is 23.1 Å². The van der Waals surface area contributed by atoms with Gasteiger partial charge in [-0.25, -0.2) is 9.67 Å². The highest BCUT2D eigenvalue weighted by Crippen LogP contribution is 2.20. The third-order valence-corrected chi connectivity index (χ3v) is 3.30. The van der Waals surface area contributed by atoms with Crippen molar-refractivity contribution in [2.45, 2.75) is 13.8 Å². The zero-order valence-corrected chi connectivity index (χ0v) is 12.6. The molecule has 2 aromatic rings. The highest BCUT2D eigenvalue weighted by molar-refractivity contribution is 6.32. The van der Waals surface area contributed by atoms with Crippen LogP contribution in [0.1, 0.15) is 23.4 Å². The summed E-state index contributed by atoms with van der Waals surface area (Å²) in [4.78, 5) is 16.1. The lowest BCUT2D eigenvalue weighted by atomic mass is 10.2. The van der Waals surface area contributed by atoms with E-state index < -0.39 is 0 Å². The first-order valence-electron chi connectivity index (χ1n) is 6.60. The Morgan fingerprint density at radius 2 is 2.19 bits per heavy atom. The first-order valence-corrected chi connectivity index (χ1v) is 6.98. The van der Waals surface area contributed by atoms with Gasteiger partial charge in [0.1, 0.15) is 5.82 Å². The molecule has 1 atom stereocenters. The lowest BCUT2D eigenvalue weighted by Crippen LogP contribution is -2.30. The molecule has 7 heteroatoms. The van der Waals surface area contributed by atoms with Gasteiger partial charge in [-0.1, -0.05) is 30.7 Å². The summed E-state index contributed by atoms with van der Waals surface area (Å²) in [5.41, 5.74) is 0.673. The Labute approximate surface area is 127 Å². The SMILES string of the molecule is Cc1nc(C(=O)NC[C@H](C)CO)nn1-c1ccccc1Cl. The van der Waals surface area contributed by atoms with Gasteiger partial charge in [-0.2, -0.15) is 0 Å². The number of amides is 1. The lowest BCUT2D eigenvalue weighted by molar-refractivity contribution is 0.0932. The van der Waals surface area contributed by atoms with Gasteiger partial charge in [0, 0.05) is 13.2 Å². The van der Waals surface area contributed by atoms with Crippen LogP contribution in [0.5, 0.6) is 0 Å². The number of aliphatic hydroxyl groups excluding tert-OH is 1. The van der Waals surface area contributed by atoms with Crippen LogP contribution in [-0.2, 0) is 0 Å². The van der Waals surface area contributed by atoms with Crippen LogP contribution in [0, 0.1) is 12.8 Å². The molecule has 1 aromatic carbocycles. The number of aromatic nitrogens is 3. The number of rotatable bonds is 5. The number of hydrogen-bond donors (Lipinski definition) is 2. The largest absolute Gasteiger partial charge is 0.396 e. The second-order valence-corrected chi connectivity index (χ2v) is 5.25. The predicted octanol–water partition coefficient (Wildman–Crippen LogP) is 1.59. The van der Waals surface area contributed by atoms with Gasteiger partial charge in [0.15, 0.2) is 0 Å². The van der Waals surface area contributed by atoms with Gasteiger partial charge in [-0.3, -0.25) is 4.79 Å². The van der Waals surface area contributed by atoms with E-state index in [2.05, 4.69) is 15.4 Å². The first-order chi connectivity index (χ1) is 10.0. The Morgan fingerprint density at radius 3 is 2.86 bits per heavy atom. The van der Waals surface area contributed by atoms with Gasteiger partial charge in [0.25, 0.3) is 5.91 Å². The first kappa shape index (κ1) is 15.5. The maximum atomic E-state index is 12.0. The fraction of sp³-hybridized carbons (Fsp3) is 0.357. The van der Waals surface area contributed by atoms with Crippen LogP contribution in [0.15, 0.2) is 24.3 Å². The Kier molecular flexibility index (Phi) is 4.93. The van der Waals surface area contributed by atoms with Crippen molar-refractivity contribution in [2.75, 3.05) is 13.2 Å². The number of nitrogens with zero attached hydrogens (tertiary/aromatic N) is 3. The van der Waals surface area contributed by atoms with Crippen molar-refractivity contribution in [3.63, 3.8) is 0 Å². The average molecular weight is 309 g/mol. The molecule has 21 heavy (non-hydrogen) atoms. The summed E-state index contributed by atoms with van der Waals surface area (Å²) in [7, 11) is 0. The van der Waals surface area contributed by atoms with Gasteiger partial charge in [0.2, 0.25) is 5.82 Å². The van der Waals surface area contributed by atoms with Crippen LogP contribution in [-0.4, -0.2) is 38.9 Å². The minimum atomic E-state index is -0.371. The van der Waals surface area contributed by atoms with E-state index in [4.69, 9.17) is 16.7 Å². The molecule has 0 radical (unpaired) electrons. The molecule has 1 heterocycles. The Morgan fingerprint density at radius 1 is 1.48 bits per heavy atom. The van der Waals surface area contributed by atoms with E-state index in [9.17, 15) is 4.79 Å². The smallest absolute Gasteiger partial charge is 0.290 e. The third kappa shape index (κ3) is 3.59. The molecule has 6 nitrogen and oxygen atoms in total. The maximum absolute atomic E-state index is 12.0. The van der Waals surface area contributed by atoms with Crippen LogP contribution in [0.25, 0.3) is 5.69 Å². The van der Waals surface area contributed by atoms with Gasteiger partial charge < -0.3 is 10.4 Å². The minimum Gasteiger partial charge on any atom is -0.396 e. The molecule has 0 saturated heterocycles.